The van der Waals surface area contributed by atoms with Crippen molar-refractivity contribution in [3.05, 3.63) is 39.5 Å². The lowest BCUT2D eigenvalue weighted by Gasteiger charge is -2.23. The summed E-state index contributed by atoms with van der Waals surface area (Å²) in [6.45, 7) is 8.40. The Labute approximate surface area is 159 Å². The Balaban J connectivity index is 2.12. The molecule has 0 aromatic carbocycles. The van der Waals surface area contributed by atoms with E-state index in [-0.39, 0.29) is 22.4 Å². The van der Waals surface area contributed by atoms with Gasteiger partial charge in [0.2, 0.25) is 5.28 Å². The largest absolute Gasteiger partial charge is 0.459 e. The summed E-state index contributed by atoms with van der Waals surface area (Å²) in [7, 11) is 0. The standard InChI is InChI=1S/C17H18BrClN4O2/c1-9(2)25-15(24)10-7-20-16(19)22-14(10)23-8-17(3,4)13-11(23)5-6-12(18)21-13/h5-7,9H,8H2,1-4H3. The molecule has 3 heterocycles. The maximum atomic E-state index is 12.5. The summed E-state index contributed by atoms with van der Waals surface area (Å²) in [6, 6.07) is 3.82. The molecule has 0 amide bonds. The lowest BCUT2D eigenvalue weighted by atomic mass is 9.91. The molecule has 8 heteroatoms. The normalized spacial score (nSPS) is 15.4. The predicted octanol–water partition coefficient (Wildman–Crippen LogP) is 4.28. The van der Waals surface area contributed by atoms with E-state index in [2.05, 4.69) is 44.7 Å². The molecule has 0 saturated heterocycles. The molecule has 0 aliphatic carbocycles. The third-order valence-electron chi connectivity index (χ3n) is 3.88. The fourth-order valence-corrected chi connectivity index (χ4v) is 3.31. The first kappa shape index (κ1) is 18.1. The zero-order chi connectivity index (χ0) is 18.4. The molecule has 2 aromatic rings. The number of anilines is 2. The van der Waals surface area contributed by atoms with Crippen molar-refractivity contribution in [3.8, 4) is 0 Å². The minimum Gasteiger partial charge on any atom is -0.459 e. The van der Waals surface area contributed by atoms with Crippen molar-refractivity contribution in [2.45, 2.75) is 39.2 Å². The fraction of sp³-hybridized carbons (Fsp3) is 0.412. The van der Waals surface area contributed by atoms with E-state index in [1.807, 2.05) is 17.0 Å². The van der Waals surface area contributed by atoms with Crippen LogP contribution in [-0.2, 0) is 10.2 Å². The van der Waals surface area contributed by atoms with Gasteiger partial charge in [0.05, 0.1) is 17.5 Å². The highest BCUT2D eigenvalue weighted by atomic mass is 79.9. The summed E-state index contributed by atoms with van der Waals surface area (Å²) in [5, 5.41) is 0.0763. The molecule has 0 unspecified atom stereocenters. The Morgan fingerprint density at radius 3 is 2.76 bits per heavy atom. The molecule has 25 heavy (non-hydrogen) atoms. The van der Waals surface area contributed by atoms with Crippen LogP contribution >= 0.6 is 27.5 Å². The molecule has 3 rings (SSSR count). The Morgan fingerprint density at radius 1 is 1.36 bits per heavy atom. The van der Waals surface area contributed by atoms with Crippen molar-refractivity contribution in [2.75, 3.05) is 11.4 Å². The average molecular weight is 426 g/mol. The van der Waals surface area contributed by atoms with E-state index < -0.39 is 5.97 Å². The van der Waals surface area contributed by atoms with Gasteiger partial charge in [-0.1, -0.05) is 13.8 Å². The highest BCUT2D eigenvalue weighted by Crippen LogP contribution is 2.44. The van der Waals surface area contributed by atoms with Crippen LogP contribution in [0.1, 0.15) is 43.7 Å². The quantitative estimate of drug-likeness (QED) is 0.415. The van der Waals surface area contributed by atoms with Crippen LogP contribution < -0.4 is 4.90 Å². The lowest BCUT2D eigenvalue weighted by molar-refractivity contribution is 0.0378. The van der Waals surface area contributed by atoms with Crippen molar-refractivity contribution >= 4 is 45.0 Å². The maximum Gasteiger partial charge on any atom is 0.343 e. The van der Waals surface area contributed by atoms with Gasteiger partial charge in [-0.05, 0) is 53.5 Å². The number of nitrogens with zero attached hydrogens (tertiary/aromatic N) is 4. The molecule has 2 aromatic heterocycles. The topological polar surface area (TPSA) is 68.2 Å². The number of rotatable bonds is 3. The summed E-state index contributed by atoms with van der Waals surface area (Å²) in [5.41, 5.74) is 1.89. The first-order chi connectivity index (χ1) is 11.7. The molecule has 132 valence electrons. The number of ether oxygens (including phenoxy) is 1. The van der Waals surface area contributed by atoms with Gasteiger partial charge in [0, 0.05) is 18.2 Å². The minimum absolute atomic E-state index is 0.0763. The summed E-state index contributed by atoms with van der Waals surface area (Å²) >= 11 is 9.42. The highest BCUT2D eigenvalue weighted by molar-refractivity contribution is 9.10. The zero-order valence-corrected chi connectivity index (χ0v) is 16.7. The molecule has 1 aliphatic rings. The number of esters is 1. The van der Waals surface area contributed by atoms with Gasteiger partial charge in [0.25, 0.3) is 0 Å². The Morgan fingerprint density at radius 2 is 2.08 bits per heavy atom. The van der Waals surface area contributed by atoms with E-state index in [1.165, 1.54) is 6.20 Å². The van der Waals surface area contributed by atoms with Crippen molar-refractivity contribution in [3.63, 3.8) is 0 Å². The van der Waals surface area contributed by atoms with Crippen LogP contribution in [0, 0.1) is 0 Å². The predicted molar refractivity (Wildman–Crippen MR) is 99.6 cm³/mol. The number of hydrogen-bond acceptors (Lipinski definition) is 6. The van der Waals surface area contributed by atoms with Crippen LogP contribution in [0.3, 0.4) is 0 Å². The second kappa shape index (κ2) is 6.53. The van der Waals surface area contributed by atoms with Gasteiger partial charge >= 0.3 is 5.97 Å². The smallest absolute Gasteiger partial charge is 0.343 e. The molecule has 0 saturated carbocycles. The SMILES string of the molecule is CC(C)OC(=O)c1cnc(Cl)nc1N1CC(C)(C)c2nc(Br)ccc21. The molecule has 0 bridgehead atoms. The summed E-state index contributed by atoms with van der Waals surface area (Å²) < 4.78 is 6.09. The van der Waals surface area contributed by atoms with E-state index in [9.17, 15) is 4.79 Å². The van der Waals surface area contributed by atoms with E-state index >= 15 is 0 Å². The van der Waals surface area contributed by atoms with Gasteiger partial charge < -0.3 is 9.64 Å². The van der Waals surface area contributed by atoms with Gasteiger partial charge in [-0.2, -0.15) is 4.98 Å². The third kappa shape index (κ3) is 3.48. The number of hydrogen-bond donors (Lipinski definition) is 0. The molecule has 6 nitrogen and oxygen atoms in total. The van der Waals surface area contributed by atoms with Crippen LogP contribution in [0.5, 0.6) is 0 Å². The summed E-state index contributed by atoms with van der Waals surface area (Å²) in [4.78, 5) is 27.3. The Bertz CT molecular complexity index is 841. The molecule has 0 atom stereocenters. The summed E-state index contributed by atoms with van der Waals surface area (Å²) in [6.07, 6.45) is 1.17. The number of fused-ring (bicyclic) bond motifs is 1. The van der Waals surface area contributed by atoms with Crippen LogP contribution in [0.15, 0.2) is 22.9 Å². The number of aromatic nitrogens is 3. The summed E-state index contributed by atoms with van der Waals surface area (Å²) in [5.74, 6) is -0.0420. The molecule has 0 N–H and O–H groups in total. The second-order valence-corrected chi connectivity index (χ2v) is 7.95. The van der Waals surface area contributed by atoms with E-state index in [1.54, 1.807) is 13.8 Å². The Kier molecular flexibility index (Phi) is 4.72. The zero-order valence-electron chi connectivity index (χ0n) is 14.4. The van der Waals surface area contributed by atoms with Gasteiger partial charge in [0.15, 0.2) is 5.82 Å². The van der Waals surface area contributed by atoms with Crippen molar-refractivity contribution in [1.82, 2.24) is 15.0 Å². The number of pyridine rings is 1. The van der Waals surface area contributed by atoms with Gasteiger partial charge in [-0.3, -0.25) is 0 Å². The van der Waals surface area contributed by atoms with Crippen molar-refractivity contribution in [2.24, 2.45) is 0 Å². The maximum absolute atomic E-state index is 12.5. The average Bonchev–Trinajstić information content (AvgIpc) is 2.77. The lowest BCUT2D eigenvalue weighted by Crippen LogP contribution is -2.28. The van der Waals surface area contributed by atoms with Gasteiger partial charge in [0.1, 0.15) is 10.2 Å². The highest BCUT2D eigenvalue weighted by Gasteiger charge is 2.39. The van der Waals surface area contributed by atoms with E-state index in [4.69, 9.17) is 16.3 Å². The first-order valence-corrected chi connectivity index (χ1v) is 9.04. The fourth-order valence-electron chi connectivity index (χ4n) is 2.87. The molecular formula is C17H18BrClN4O2. The molecule has 0 radical (unpaired) electrons. The number of carbonyl (C=O) groups is 1. The van der Waals surface area contributed by atoms with E-state index in [0.29, 0.717) is 12.4 Å². The molecule has 0 fully saturated rings. The van der Waals surface area contributed by atoms with E-state index in [0.717, 1.165) is 16.0 Å². The van der Waals surface area contributed by atoms with Crippen LogP contribution in [0.4, 0.5) is 11.5 Å². The second-order valence-electron chi connectivity index (χ2n) is 6.80. The third-order valence-corrected chi connectivity index (χ3v) is 4.51. The molecule has 1 aliphatic heterocycles. The van der Waals surface area contributed by atoms with Gasteiger partial charge in [-0.25, -0.2) is 14.8 Å². The number of carbonyl (C=O) groups excluding carboxylic acids is 1. The monoisotopic (exact) mass is 424 g/mol. The molecule has 0 spiro atoms. The van der Waals surface area contributed by atoms with Crippen LogP contribution in [0.25, 0.3) is 0 Å². The first-order valence-electron chi connectivity index (χ1n) is 7.87. The number of halogens is 2. The van der Waals surface area contributed by atoms with Crippen LogP contribution in [-0.4, -0.2) is 33.6 Å². The van der Waals surface area contributed by atoms with Crippen molar-refractivity contribution < 1.29 is 9.53 Å². The minimum atomic E-state index is -0.474. The Hall–Kier alpha value is -1.73. The van der Waals surface area contributed by atoms with Crippen LogP contribution in [0.2, 0.25) is 5.28 Å². The van der Waals surface area contributed by atoms with Crippen molar-refractivity contribution in [1.29, 1.82) is 0 Å². The van der Waals surface area contributed by atoms with Gasteiger partial charge in [-0.15, -0.1) is 0 Å². The molecular weight excluding hydrogens is 408 g/mol.